The molecule has 0 saturated heterocycles. The van der Waals surface area contributed by atoms with E-state index in [1.807, 2.05) is 0 Å². The summed E-state index contributed by atoms with van der Waals surface area (Å²) in [5, 5.41) is 0. The molecule has 0 radical (unpaired) electrons. The van der Waals surface area contributed by atoms with Gasteiger partial charge in [0.25, 0.3) is 0 Å². The zero-order valence-corrected chi connectivity index (χ0v) is 7.70. The topological polar surface area (TPSA) is 13.1 Å². The molecule has 74 valence electrons. The molecule has 1 rings (SSSR count). The zero-order valence-electron chi connectivity index (χ0n) is 7.70. The lowest BCUT2D eigenvalue weighted by Gasteiger charge is -2.13. The molecule has 0 aromatic carbocycles. The average Bonchev–Trinajstić information content (AvgIpc) is 2.28. The third-order valence-electron chi connectivity index (χ3n) is 1.67. The van der Waals surface area contributed by atoms with Gasteiger partial charge in [0.1, 0.15) is 12.0 Å². The fourth-order valence-electron chi connectivity index (χ4n) is 0.878. The Bertz CT molecular complexity index is 262. The molecule has 0 N–H and O–H groups in total. The molecule has 1 heterocycles. The lowest BCUT2D eigenvalue weighted by molar-refractivity contribution is -0.137. The largest absolute Gasteiger partial charge is 0.468 e. The van der Waals surface area contributed by atoms with Gasteiger partial charge < -0.3 is 4.42 Å². The van der Waals surface area contributed by atoms with Gasteiger partial charge in [0.05, 0.1) is 5.56 Å². The molecular formula is C9H11F3O. The SMILES string of the molecule is CC(C)(C)c1cc(C(F)(F)F)co1. The van der Waals surface area contributed by atoms with Crippen LogP contribution in [0.4, 0.5) is 13.2 Å². The number of rotatable bonds is 0. The van der Waals surface area contributed by atoms with Crippen molar-refractivity contribution in [3.63, 3.8) is 0 Å². The molecule has 0 atom stereocenters. The minimum atomic E-state index is -4.31. The van der Waals surface area contributed by atoms with Crippen LogP contribution in [-0.4, -0.2) is 0 Å². The van der Waals surface area contributed by atoms with Crippen LogP contribution in [0.15, 0.2) is 16.7 Å². The summed E-state index contributed by atoms with van der Waals surface area (Å²) >= 11 is 0. The summed E-state index contributed by atoms with van der Waals surface area (Å²) in [5.41, 5.74) is -1.11. The Balaban J connectivity index is 3.01. The maximum atomic E-state index is 12.1. The van der Waals surface area contributed by atoms with Crippen molar-refractivity contribution < 1.29 is 17.6 Å². The van der Waals surface area contributed by atoms with Crippen molar-refractivity contribution in [1.82, 2.24) is 0 Å². The van der Waals surface area contributed by atoms with Crippen LogP contribution >= 0.6 is 0 Å². The average molecular weight is 192 g/mol. The summed E-state index contributed by atoms with van der Waals surface area (Å²) in [4.78, 5) is 0. The fourth-order valence-corrected chi connectivity index (χ4v) is 0.878. The smallest absolute Gasteiger partial charge is 0.419 e. The van der Waals surface area contributed by atoms with Gasteiger partial charge in [-0.05, 0) is 6.07 Å². The molecule has 0 unspecified atom stereocenters. The number of alkyl halides is 3. The third kappa shape index (κ3) is 2.26. The second kappa shape index (κ2) is 2.79. The van der Waals surface area contributed by atoms with Crippen LogP contribution < -0.4 is 0 Å². The van der Waals surface area contributed by atoms with Crippen molar-refractivity contribution in [2.45, 2.75) is 32.4 Å². The zero-order chi connectivity index (χ0) is 10.3. The van der Waals surface area contributed by atoms with E-state index in [1.165, 1.54) is 0 Å². The minimum Gasteiger partial charge on any atom is -0.468 e. The van der Waals surface area contributed by atoms with E-state index in [0.717, 1.165) is 12.3 Å². The first-order valence-electron chi connectivity index (χ1n) is 3.87. The van der Waals surface area contributed by atoms with Crippen LogP contribution in [0.2, 0.25) is 0 Å². The molecule has 0 spiro atoms. The summed E-state index contributed by atoms with van der Waals surface area (Å²) in [6.07, 6.45) is -3.56. The number of furan rings is 1. The fraction of sp³-hybridized carbons (Fsp3) is 0.556. The van der Waals surface area contributed by atoms with Gasteiger partial charge in [0.15, 0.2) is 0 Å². The molecule has 0 bridgehead atoms. The summed E-state index contributed by atoms with van der Waals surface area (Å²) in [6.45, 7) is 5.39. The molecule has 13 heavy (non-hydrogen) atoms. The maximum absolute atomic E-state index is 12.1. The molecule has 0 aliphatic carbocycles. The third-order valence-corrected chi connectivity index (χ3v) is 1.67. The number of hydrogen-bond acceptors (Lipinski definition) is 1. The van der Waals surface area contributed by atoms with E-state index in [9.17, 15) is 13.2 Å². The standard InChI is InChI=1S/C9H11F3O/c1-8(2,3)7-4-6(5-13-7)9(10,11)12/h4-5H,1-3H3. The van der Waals surface area contributed by atoms with Crippen LogP contribution in [0.25, 0.3) is 0 Å². The summed E-state index contributed by atoms with van der Waals surface area (Å²) < 4.78 is 41.2. The summed E-state index contributed by atoms with van der Waals surface area (Å²) in [5.74, 6) is 0.347. The predicted octanol–water partition coefficient (Wildman–Crippen LogP) is 3.60. The first-order valence-corrected chi connectivity index (χ1v) is 3.87. The highest BCUT2D eigenvalue weighted by atomic mass is 19.4. The molecule has 0 amide bonds. The van der Waals surface area contributed by atoms with Gasteiger partial charge >= 0.3 is 6.18 Å². The molecule has 0 fully saturated rings. The Morgan fingerprint density at radius 1 is 1.15 bits per heavy atom. The summed E-state index contributed by atoms with van der Waals surface area (Å²) in [6, 6.07) is 1.04. The Morgan fingerprint density at radius 2 is 1.69 bits per heavy atom. The highest BCUT2D eigenvalue weighted by molar-refractivity contribution is 5.20. The van der Waals surface area contributed by atoms with E-state index >= 15 is 0 Å². The Kier molecular flexibility index (Phi) is 2.18. The van der Waals surface area contributed by atoms with Crippen LogP contribution in [0.1, 0.15) is 32.1 Å². The van der Waals surface area contributed by atoms with Gasteiger partial charge in [-0.3, -0.25) is 0 Å². The summed E-state index contributed by atoms with van der Waals surface area (Å²) in [7, 11) is 0. The molecule has 0 aliphatic heterocycles. The second-order valence-corrected chi connectivity index (χ2v) is 3.95. The van der Waals surface area contributed by atoms with E-state index in [-0.39, 0.29) is 5.41 Å². The number of hydrogen-bond donors (Lipinski definition) is 0. The van der Waals surface area contributed by atoms with E-state index in [2.05, 4.69) is 0 Å². The molecule has 0 aliphatic rings. The maximum Gasteiger partial charge on any atom is 0.419 e. The van der Waals surface area contributed by atoms with Crippen LogP contribution in [0.3, 0.4) is 0 Å². The van der Waals surface area contributed by atoms with Gasteiger partial charge in [-0.1, -0.05) is 20.8 Å². The van der Waals surface area contributed by atoms with Gasteiger partial charge in [0.2, 0.25) is 0 Å². The van der Waals surface area contributed by atoms with Gasteiger partial charge in [-0.25, -0.2) is 0 Å². The predicted molar refractivity (Wildman–Crippen MR) is 42.4 cm³/mol. The highest BCUT2D eigenvalue weighted by Gasteiger charge is 2.34. The molecular weight excluding hydrogens is 181 g/mol. The van der Waals surface area contributed by atoms with Crippen molar-refractivity contribution in [1.29, 1.82) is 0 Å². The molecule has 4 heteroatoms. The van der Waals surface area contributed by atoms with Gasteiger partial charge in [0, 0.05) is 5.41 Å². The Labute approximate surface area is 74.5 Å². The Hall–Kier alpha value is -0.930. The van der Waals surface area contributed by atoms with Crippen molar-refractivity contribution in [3.05, 3.63) is 23.7 Å². The van der Waals surface area contributed by atoms with E-state index in [0.29, 0.717) is 5.76 Å². The minimum absolute atomic E-state index is 0.347. The van der Waals surface area contributed by atoms with Crippen molar-refractivity contribution >= 4 is 0 Å². The van der Waals surface area contributed by atoms with E-state index < -0.39 is 11.7 Å². The van der Waals surface area contributed by atoms with E-state index in [4.69, 9.17) is 4.42 Å². The molecule has 0 saturated carbocycles. The second-order valence-electron chi connectivity index (χ2n) is 3.95. The van der Waals surface area contributed by atoms with Crippen LogP contribution in [-0.2, 0) is 11.6 Å². The van der Waals surface area contributed by atoms with Gasteiger partial charge in [-0.2, -0.15) is 13.2 Å². The van der Waals surface area contributed by atoms with Crippen molar-refractivity contribution in [3.8, 4) is 0 Å². The van der Waals surface area contributed by atoms with Crippen LogP contribution in [0, 0.1) is 0 Å². The van der Waals surface area contributed by atoms with Crippen LogP contribution in [0.5, 0.6) is 0 Å². The van der Waals surface area contributed by atoms with Crippen molar-refractivity contribution in [2.24, 2.45) is 0 Å². The Morgan fingerprint density at radius 3 is 1.92 bits per heavy atom. The molecule has 1 aromatic heterocycles. The first kappa shape index (κ1) is 10.2. The normalized spacial score (nSPS) is 13.4. The molecule has 1 aromatic rings. The quantitative estimate of drug-likeness (QED) is 0.612. The lowest BCUT2D eigenvalue weighted by Crippen LogP contribution is -2.10. The lowest BCUT2D eigenvalue weighted by atomic mass is 9.93. The highest BCUT2D eigenvalue weighted by Crippen LogP contribution is 2.33. The van der Waals surface area contributed by atoms with E-state index in [1.54, 1.807) is 20.8 Å². The van der Waals surface area contributed by atoms with Gasteiger partial charge in [-0.15, -0.1) is 0 Å². The molecule has 1 nitrogen and oxygen atoms in total. The monoisotopic (exact) mass is 192 g/mol. The van der Waals surface area contributed by atoms with Crippen molar-refractivity contribution in [2.75, 3.05) is 0 Å². The number of halogens is 3. The first-order chi connectivity index (χ1) is 5.71.